The molecule has 0 radical (unpaired) electrons. The number of Topliss-reactive ketones (excluding diaryl/α,β-unsaturated/α-hetero) is 1. The van der Waals surface area contributed by atoms with Crippen molar-refractivity contribution >= 4 is 63.9 Å². The molecule has 7 rings (SSSR count). The van der Waals surface area contributed by atoms with Gasteiger partial charge in [0.25, 0.3) is 0 Å². The minimum atomic E-state index is -0.850. The fourth-order valence-corrected chi connectivity index (χ4v) is 10.7. The molecule has 5 aromatic rings. The van der Waals surface area contributed by atoms with E-state index in [2.05, 4.69) is 20.4 Å². The number of aryl methyl sites for hydroxylation is 1. The van der Waals surface area contributed by atoms with E-state index in [0.717, 1.165) is 45.7 Å². The molecular weight excluding hydrogens is 1030 g/mol. The Morgan fingerprint density at radius 1 is 0.920 bits per heavy atom. The number of ketones is 1. The Morgan fingerprint density at radius 2 is 1.60 bits per heavy atom. The van der Waals surface area contributed by atoms with Crippen LogP contribution < -0.4 is 15.8 Å². The number of hydrogen-bond acceptors (Lipinski definition) is 14. The van der Waals surface area contributed by atoms with Gasteiger partial charge in [-0.3, -0.25) is 23.9 Å². The van der Waals surface area contributed by atoms with Crippen molar-refractivity contribution in [2.24, 2.45) is 11.3 Å². The van der Waals surface area contributed by atoms with E-state index in [1.807, 2.05) is 73.2 Å². The molecule has 0 spiro atoms. The molecule has 4 N–H and O–H groups in total. The summed E-state index contributed by atoms with van der Waals surface area (Å²) in [4.78, 5) is 66.7. The number of anilines is 1. The number of β-amino-alcohol motifs (C(OH)–C–C–N with tert-alkyl or cyclic N) is 1. The number of carbonyl (C=O) groups excluding carboxylic acids is 4. The molecule has 2 fully saturated rings. The third-order valence-corrected chi connectivity index (χ3v) is 15.3. The van der Waals surface area contributed by atoms with E-state index in [1.165, 1.54) is 17.0 Å². The van der Waals surface area contributed by atoms with Gasteiger partial charge in [0.05, 0.1) is 85.5 Å². The maximum atomic E-state index is 14.2. The van der Waals surface area contributed by atoms with Gasteiger partial charge in [0.1, 0.15) is 23.7 Å². The third-order valence-electron chi connectivity index (χ3n) is 13.6. The highest BCUT2D eigenvalue weighted by molar-refractivity contribution is 7.13. The van der Waals surface area contributed by atoms with Gasteiger partial charge in [-0.2, -0.15) is 5.10 Å². The number of piperidine rings is 1. The summed E-state index contributed by atoms with van der Waals surface area (Å²) in [6.45, 7) is 12.4. The molecule has 2 aliphatic heterocycles. The molecule has 21 heteroatoms. The van der Waals surface area contributed by atoms with Crippen LogP contribution in [-0.2, 0) is 39.9 Å². The molecule has 5 heterocycles. The first-order chi connectivity index (χ1) is 35.9. The summed E-state index contributed by atoms with van der Waals surface area (Å²) in [5.41, 5.74) is 12.1. The summed E-state index contributed by atoms with van der Waals surface area (Å²) in [6, 6.07) is 11.5. The predicted molar refractivity (Wildman–Crippen MR) is 285 cm³/mol. The number of ether oxygens (including phenoxy) is 4. The van der Waals surface area contributed by atoms with Crippen molar-refractivity contribution in [1.82, 2.24) is 34.9 Å². The van der Waals surface area contributed by atoms with Crippen LogP contribution in [0, 0.1) is 24.1 Å². The summed E-state index contributed by atoms with van der Waals surface area (Å²) in [7, 11) is 0. The lowest BCUT2D eigenvalue weighted by molar-refractivity contribution is -0.146. The Kier molecular flexibility index (Phi) is 20.2. The van der Waals surface area contributed by atoms with Gasteiger partial charge in [-0.05, 0) is 61.4 Å². The second kappa shape index (κ2) is 26.5. The molecule has 2 aliphatic rings. The molecule has 2 aromatic carbocycles. The average molecular weight is 1090 g/mol. The van der Waals surface area contributed by atoms with Crippen molar-refractivity contribution in [1.29, 1.82) is 0 Å². The highest BCUT2D eigenvalue weighted by atomic mass is 35.5. The van der Waals surface area contributed by atoms with Crippen molar-refractivity contribution in [3.05, 3.63) is 99.2 Å². The number of amides is 3. The van der Waals surface area contributed by atoms with Crippen LogP contribution in [0.2, 0.25) is 10.0 Å². The molecule has 2 saturated heterocycles. The molecule has 3 amide bonds. The molecule has 0 aliphatic carbocycles. The van der Waals surface area contributed by atoms with Crippen LogP contribution in [0.4, 0.5) is 10.2 Å². The largest absolute Gasteiger partial charge is 0.482 e. The zero-order valence-corrected chi connectivity index (χ0v) is 45.4. The lowest BCUT2D eigenvalue weighted by Crippen LogP contribution is -2.50. The summed E-state index contributed by atoms with van der Waals surface area (Å²) in [5.74, 6) is -1.65. The van der Waals surface area contributed by atoms with E-state index < -0.39 is 35.4 Å². The summed E-state index contributed by atoms with van der Waals surface area (Å²) in [6.07, 6.45) is 5.66. The lowest BCUT2D eigenvalue weighted by Gasteiger charge is -2.34. The molecule has 75 heavy (non-hydrogen) atoms. The number of nitrogens with one attached hydrogen (secondary N) is 1. The molecule has 0 unspecified atom stereocenters. The van der Waals surface area contributed by atoms with Gasteiger partial charge in [0.2, 0.25) is 17.7 Å². The van der Waals surface area contributed by atoms with Crippen molar-refractivity contribution in [2.75, 3.05) is 65.0 Å². The third kappa shape index (κ3) is 15.3. The van der Waals surface area contributed by atoms with E-state index in [-0.39, 0.29) is 110 Å². The van der Waals surface area contributed by atoms with Crippen LogP contribution in [0.15, 0.2) is 66.6 Å². The molecular formula is C54H67Cl2FN8O9S. The van der Waals surface area contributed by atoms with Crippen molar-refractivity contribution in [3.63, 3.8) is 0 Å². The first kappa shape index (κ1) is 57.2. The van der Waals surface area contributed by atoms with E-state index >= 15 is 0 Å². The second-order valence-corrected chi connectivity index (χ2v) is 21.7. The number of carbonyl (C=O) groups is 4. The Morgan fingerprint density at radius 3 is 2.27 bits per heavy atom. The maximum absolute atomic E-state index is 14.2. The van der Waals surface area contributed by atoms with Gasteiger partial charge in [0, 0.05) is 85.5 Å². The Hall–Kier alpha value is -5.54. The number of aliphatic hydroxyl groups is 1. The maximum Gasteiger partial charge on any atom is 0.243 e. The number of nitrogen functional groups attached to an aromatic ring is 1. The van der Waals surface area contributed by atoms with Crippen molar-refractivity contribution < 1.29 is 47.6 Å². The quantitative estimate of drug-likeness (QED) is 0.0391. The Labute approximate surface area is 451 Å². The topological polar surface area (TPSA) is 214 Å². The fourth-order valence-electron chi connectivity index (χ4n) is 9.24. The van der Waals surface area contributed by atoms with E-state index in [9.17, 15) is 28.7 Å². The number of hydrogen-bond donors (Lipinski definition) is 3. The number of nitrogens with zero attached hydrogens (tertiary/aromatic N) is 6. The first-order valence-electron chi connectivity index (χ1n) is 25.3. The van der Waals surface area contributed by atoms with Crippen LogP contribution in [0.5, 0.6) is 5.75 Å². The van der Waals surface area contributed by atoms with Crippen LogP contribution in [0.25, 0.3) is 21.6 Å². The highest BCUT2D eigenvalue weighted by Gasteiger charge is 2.44. The summed E-state index contributed by atoms with van der Waals surface area (Å²) in [5, 5.41) is 18.3. The fraction of sp³-hybridized carbons (Fsp3) is 0.500. The van der Waals surface area contributed by atoms with Gasteiger partial charge >= 0.3 is 0 Å². The van der Waals surface area contributed by atoms with Crippen LogP contribution in [0.3, 0.4) is 0 Å². The molecule has 17 nitrogen and oxygen atoms in total. The normalized spacial score (nSPS) is 17.0. The Balaban J connectivity index is 0.740. The van der Waals surface area contributed by atoms with Crippen molar-refractivity contribution in [2.45, 2.75) is 104 Å². The monoisotopic (exact) mass is 1090 g/mol. The van der Waals surface area contributed by atoms with Gasteiger partial charge in [-0.15, -0.1) is 11.3 Å². The van der Waals surface area contributed by atoms with Crippen molar-refractivity contribution in [3.8, 4) is 27.3 Å². The SMILES string of the molecule is Cc1ncsc1-c1ccc(CNC(=O)[C@@H]2C[C@@H](O)CN2C(=O)[C@@H](CC(=O)CCOCCOCCOCCC(=O)N2CCC(n3cc(-c4cnc(N)c(O[C@H](C)c5c(Cl)ccc(F)c5Cl)c4)cn3)CC2)C(C)(C)C)cc1. The van der Waals surface area contributed by atoms with E-state index in [4.69, 9.17) is 47.9 Å². The van der Waals surface area contributed by atoms with Gasteiger partial charge < -0.3 is 44.9 Å². The van der Waals surface area contributed by atoms with Gasteiger partial charge in [-0.1, -0.05) is 68.2 Å². The summed E-state index contributed by atoms with van der Waals surface area (Å²) < 4.78 is 39.1. The number of thiazole rings is 1. The van der Waals surface area contributed by atoms with E-state index in [1.54, 1.807) is 36.7 Å². The number of benzene rings is 2. The smallest absolute Gasteiger partial charge is 0.243 e. The zero-order chi connectivity index (χ0) is 53.8. The highest BCUT2D eigenvalue weighted by Crippen LogP contribution is 2.38. The Bertz CT molecular complexity index is 2750. The molecule has 3 aromatic heterocycles. The molecule has 4 atom stereocenters. The molecule has 0 saturated carbocycles. The second-order valence-electron chi connectivity index (χ2n) is 20.0. The number of rotatable bonds is 24. The van der Waals surface area contributed by atoms with Crippen LogP contribution in [0.1, 0.15) is 95.2 Å². The number of nitrogens with two attached hydrogens (primary N) is 1. The lowest BCUT2D eigenvalue weighted by atomic mass is 9.76. The number of likely N-dealkylation sites (tertiary alicyclic amines) is 2. The zero-order valence-electron chi connectivity index (χ0n) is 43.1. The minimum absolute atomic E-state index is 0.0154. The average Bonchev–Trinajstić information content (AvgIpc) is 4.16. The van der Waals surface area contributed by atoms with Crippen LogP contribution in [-0.4, -0.2) is 130 Å². The van der Waals surface area contributed by atoms with E-state index in [0.29, 0.717) is 38.5 Å². The summed E-state index contributed by atoms with van der Waals surface area (Å²) >= 11 is 14.1. The standard InChI is InChI=1S/C54H67Cl2FN8O9S/c1-33-50(75-32-61-33)36-8-6-35(7-9-36)27-60-52(69)45-26-41(67)31-64(45)53(70)42(54(3,4)5)25-40(66)14-18-71-20-22-73-23-21-72-19-15-47(68)63-16-12-39(13-17-63)65-30-38(29-62-65)37-24-46(51(58)59-28-37)74-34(2)48-43(55)10-11-44(57)49(48)56/h6-11,24,28-30,32,34,39,41-42,45,67H,12-23,25-27,31H2,1-5H3,(H2,58,59)(H,60,69)/t34-,41-,42-,45+/m1/s1. The van der Waals surface area contributed by atoms with Gasteiger partial charge in [-0.25, -0.2) is 14.4 Å². The van der Waals surface area contributed by atoms with Crippen LogP contribution >= 0.6 is 34.5 Å². The predicted octanol–water partition coefficient (Wildman–Crippen LogP) is 8.44. The molecule has 0 bridgehead atoms. The number of aliphatic hydroxyl groups excluding tert-OH is 1. The number of pyridine rings is 1. The minimum Gasteiger partial charge on any atom is -0.482 e. The number of halogens is 3. The number of aromatic nitrogens is 4. The first-order valence-corrected chi connectivity index (χ1v) is 26.9. The molecule has 404 valence electrons. The van der Waals surface area contributed by atoms with Gasteiger partial charge in [0.15, 0.2) is 11.6 Å².